The standard InChI is InChI=1S/C25H33FN2O4S/c1-19-7-10-24(20-5-3-2-4-6-20)33(30,31)28(19)18-21-8-9-22(17-23(21)26)25(27-13-14-29)11-15-32-16-12-25/h2-6,8-9,17,19,24,27,29H,7,10-16,18H2,1H3/t19-,24+/m0/s1. The van der Waals surface area contributed by atoms with E-state index in [9.17, 15) is 13.5 Å². The molecule has 0 aliphatic carbocycles. The maximum absolute atomic E-state index is 15.3. The Kier molecular flexibility index (Phi) is 7.50. The molecule has 2 fully saturated rings. The third kappa shape index (κ3) is 5.00. The van der Waals surface area contributed by atoms with Crippen LogP contribution in [0.3, 0.4) is 0 Å². The average Bonchev–Trinajstić information content (AvgIpc) is 2.82. The van der Waals surface area contributed by atoms with Crippen molar-refractivity contribution in [1.29, 1.82) is 0 Å². The lowest BCUT2D eigenvalue weighted by Crippen LogP contribution is -2.48. The molecule has 2 N–H and O–H groups in total. The Morgan fingerprint density at radius 3 is 2.55 bits per heavy atom. The quantitative estimate of drug-likeness (QED) is 0.640. The highest BCUT2D eigenvalue weighted by atomic mass is 32.2. The van der Waals surface area contributed by atoms with Gasteiger partial charge in [-0.2, -0.15) is 4.31 Å². The lowest BCUT2D eigenvalue weighted by Gasteiger charge is -2.39. The fourth-order valence-corrected chi connectivity index (χ4v) is 7.26. The first-order valence-electron chi connectivity index (χ1n) is 11.7. The molecule has 2 aliphatic heterocycles. The number of hydrogen-bond donors (Lipinski definition) is 2. The molecule has 2 aliphatic rings. The van der Waals surface area contributed by atoms with E-state index in [0.29, 0.717) is 44.6 Å². The van der Waals surface area contributed by atoms with Crippen LogP contribution >= 0.6 is 0 Å². The minimum absolute atomic E-state index is 0.00351. The molecule has 2 saturated heterocycles. The normalized spacial score (nSPS) is 25.1. The predicted molar refractivity (Wildman–Crippen MR) is 126 cm³/mol. The first kappa shape index (κ1) is 24.3. The Balaban J connectivity index is 1.59. The minimum atomic E-state index is -3.63. The maximum atomic E-state index is 15.3. The summed E-state index contributed by atoms with van der Waals surface area (Å²) in [6.45, 7) is 3.43. The Morgan fingerprint density at radius 2 is 1.88 bits per heavy atom. The number of halogens is 1. The summed E-state index contributed by atoms with van der Waals surface area (Å²) in [6.07, 6.45) is 2.66. The van der Waals surface area contributed by atoms with Crippen LogP contribution in [0, 0.1) is 5.82 Å². The molecule has 2 atom stereocenters. The van der Waals surface area contributed by atoms with Crippen molar-refractivity contribution in [1.82, 2.24) is 9.62 Å². The summed E-state index contributed by atoms with van der Waals surface area (Å²) in [4.78, 5) is 0. The third-order valence-corrected chi connectivity index (χ3v) is 9.42. The van der Waals surface area contributed by atoms with Gasteiger partial charge in [-0.3, -0.25) is 0 Å². The number of nitrogens with one attached hydrogen (secondary N) is 1. The summed E-state index contributed by atoms with van der Waals surface area (Å²) in [5, 5.41) is 12.1. The van der Waals surface area contributed by atoms with Crippen molar-refractivity contribution in [2.45, 2.75) is 56.0 Å². The van der Waals surface area contributed by atoms with Crippen molar-refractivity contribution < 1.29 is 22.7 Å². The molecular weight excluding hydrogens is 443 g/mol. The summed E-state index contributed by atoms with van der Waals surface area (Å²) >= 11 is 0. The van der Waals surface area contributed by atoms with Gasteiger partial charge >= 0.3 is 0 Å². The molecule has 0 spiro atoms. The van der Waals surface area contributed by atoms with Gasteiger partial charge in [0.05, 0.1) is 6.61 Å². The molecular formula is C25H33FN2O4S. The SMILES string of the molecule is C[C@H]1CC[C@H](c2ccccc2)S(=O)(=O)N1Cc1ccc(C2(NCCO)CCOCC2)cc1F. The first-order chi connectivity index (χ1) is 15.9. The van der Waals surface area contributed by atoms with Crippen molar-refractivity contribution in [2.75, 3.05) is 26.4 Å². The molecule has 0 radical (unpaired) electrons. The number of benzene rings is 2. The van der Waals surface area contributed by atoms with E-state index >= 15 is 4.39 Å². The van der Waals surface area contributed by atoms with Gasteiger partial charge in [0.15, 0.2) is 0 Å². The zero-order valence-electron chi connectivity index (χ0n) is 19.0. The number of hydrogen-bond acceptors (Lipinski definition) is 5. The predicted octanol–water partition coefficient (Wildman–Crippen LogP) is 3.47. The van der Waals surface area contributed by atoms with Gasteiger partial charge in [-0.1, -0.05) is 42.5 Å². The molecule has 0 bridgehead atoms. The maximum Gasteiger partial charge on any atom is 0.221 e. The molecule has 0 saturated carbocycles. The number of aliphatic hydroxyl groups excluding tert-OH is 1. The zero-order valence-corrected chi connectivity index (χ0v) is 19.9. The molecule has 2 heterocycles. The van der Waals surface area contributed by atoms with Crippen LogP contribution in [0.15, 0.2) is 48.5 Å². The summed E-state index contributed by atoms with van der Waals surface area (Å²) in [7, 11) is -3.63. The van der Waals surface area contributed by atoms with Gasteiger partial charge in [0, 0.05) is 43.4 Å². The molecule has 8 heteroatoms. The zero-order chi connectivity index (χ0) is 23.5. The average molecular weight is 477 g/mol. The van der Waals surface area contributed by atoms with E-state index in [1.165, 1.54) is 10.4 Å². The van der Waals surface area contributed by atoms with Crippen LogP contribution in [0.1, 0.15) is 54.5 Å². The Hall–Kier alpha value is -1.84. The van der Waals surface area contributed by atoms with E-state index in [0.717, 1.165) is 17.5 Å². The van der Waals surface area contributed by atoms with Gasteiger partial charge in [0.25, 0.3) is 0 Å². The van der Waals surface area contributed by atoms with Gasteiger partial charge in [-0.25, -0.2) is 12.8 Å². The van der Waals surface area contributed by atoms with E-state index < -0.39 is 26.6 Å². The van der Waals surface area contributed by atoms with Gasteiger partial charge in [0.1, 0.15) is 11.1 Å². The summed E-state index contributed by atoms with van der Waals surface area (Å²) in [5.74, 6) is -0.409. The molecule has 33 heavy (non-hydrogen) atoms. The first-order valence-corrected chi connectivity index (χ1v) is 13.2. The molecule has 0 amide bonds. The Labute approximate surface area is 195 Å². The van der Waals surface area contributed by atoms with E-state index in [-0.39, 0.29) is 19.2 Å². The van der Waals surface area contributed by atoms with Crippen LogP contribution in [-0.2, 0) is 26.8 Å². The lowest BCUT2D eigenvalue weighted by atomic mass is 9.82. The number of nitrogens with zero attached hydrogens (tertiary/aromatic N) is 1. The second-order valence-electron chi connectivity index (χ2n) is 9.07. The van der Waals surface area contributed by atoms with E-state index in [1.807, 2.05) is 43.3 Å². The van der Waals surface area contributed by atoms with Crippen molar-refractivity contribution in [2.24, 2.45) is 0 Å². The highest BCUT2D eigenvalue weighted by molar-refractivity contribution is 7.89. The molecule has 0 unspecified atom stereocenters. The fourth-order valence-electron chi connectivity index (χ4n) is 5.08. The number of aliphatic hydroxyl groups is 1. The molecule has 180 valence electrons. The Bertz CT molecular complexity index is 1040. The van der Waals surface area contributed by atoms with Crippen molar-refractivity contribution in [3.8, 4) is 0 Å². The smallest absolute Gasteiger partial charge is 0.221 e. The van der Waals surface area contributed by atoms with Crippen LogP contribution < -0.4 is 5.32 Å². The molecule has 2 aromatic rings. The molecule has 2 aromatic carbocycles. The largest absolute Gasteiger partial charge is 0.395 e. The molecule has 0 aromatic heterocycles. The van der Waals surface area contributed by atoms with E-state index in [1.54, 1.807) is 6.07 Å². The second-order valence-corrected chi connectivity index (χ2v) is 11.1. The van der Waals surface area contributed by atoms with Gasteiger partial charge in [0.2, 0.25) is 10.0 Å². The second kappa shape index (κ2) is 10.2. The molecule has 4 rings (SSSR count). The van der Waals surface area contributed by atoms with Crippen LogP contribution in [0.4, 0.5) is 4.39 Å². The number of ether oxygens (including phenoxy) is 1. The van der Waals surface area contributed by atoms with Crippen LogP contribution in [0.25, 0.3) is 0 Å². The van der Waals surface area contributed by atoms with Crippen molar-refractivity contribution in [3.63, 3.8) is 0 Å². The summed E-state index contributed by atoms with van der Waals surface area (Å²) < 4.78 is 49.2. The Morgan fingerprint density at radius 1 is 1.15 bits per heavy atom. The topological polar surface area (TPSA) is 78.9 Å². The third-order valence-electron chi connectivity index (χ3n) is 7.05. The van der Waals surface area contributed by atoms with Crippen molar-refractivity contribution >= 4 is 10.0 Å². The van der Waals surface area contributed by atoms with E-state index in [2.05, 4.69) is 5.32 Å². The number of sulfonamides is 1. The van der Waals surface area contributed by atoms with Crippen LogP contribution in [-0.4, -0.2) is 50.2 Å². The van der Waals surface area contributed by atoms with Gasteiger partial charge in [-0.05, 0) is 49.8 Å². The summed E-state index contributed by atoms with van der Waals surface area (Å²) in [5.41, 5.74) is 1.49. The molecule has 6 nitrogen and oxygen atoms in total. The lowest BCUT2D eigenvalue weighted by molar-refractivity contribution is 0.0347. The fraction of sp³-hybridized carbons (Fsp3) is 0.520. The summed E-state index contributed by atoms with van der Waals surface area (Å²) in [6, 6.07) is 14.2. The van der Waals surface area contributed by atoms with E-state index in [4.69, 9.17) is 4.74 Å². The van der Waals surface area contributed by atoms with Gasteiger partial charge < -0.3 is 15.2 Å². The van der Waals surface area contributed by atoms with Crippen LogP contribution in [0.2, 0.25) is 0 Å². The highest BCUT2D eigenvalue weighted by Gasteiger charge is 2.41. The monoisotopic (exact) mass is 476 g/mol. The van der Waals surface area contributed by atoms with Crippen molar-refractivity contribution in [3.05, 3.63) is 71.0 Å². The highest BCUT2D eigenvalue weighted by Crippen LogP contribution is 2.39. The van der Waals surface area contributed by atoms with Crippen LogP contribution in [0.5, 0.6) is 0 Å². The van der Waals surface area contributed by atoms with Gasteiger partial charge in [-0.15, -0.1) is 0 Å². The minimum Gasteiger partial charge on any atom is -0.395 e. The number of rotatable bonds is 7.